The van der Waals surface area contributed by atoms with Crippen molar-refractivity contribution in [1.82, 2.24) is 13.7 Å². The van der Waals surface area contributed by atoms with Gasteiger partial charge in [0, 0.05) is 24.2 Å². The molecule has 0 aromatic carbocycles. The maximum Gasteiger partial charge on any atom is 0.262 e. The van der Waals surface area contributed by atoms with Crippen molar-refractivity contribution in [2.24, 2.45) is 0 Å². The smallest absolute Gasteiger partial charge is 0.262 e. The van der Waals surface area contributed by atoms with Gasteiger partial charge in [-0.2, -0.15) is 4.31 Å². The molecule has 0 aliphatic carbocycles. The Hall–Kier alpha value is -0.670. The Morgan fingerprint density at radius 2 is 2.37 bits per heavy atom. The minimum Gasteiger partial charge on any atom is -0.395 e. The first-order valence-electron chi connectivity index (χ1n) is 5.79. The van der Waals surface area contributed by atoms with E-state index in [1.54, 1.807) is 11.6 Å². The van der Waals surface area contributed by atoms with Gasteiger partial charge in [-0.15, -0.1) is 11.3 Å². The van der Waals surface area contributed by atoms with E-state index >= 15 is 0 Å². The molecule has 1 fully saturated rings. The summed E-state index contributed by atoms with van der Waals surface area (Å²) < 4.78 is 28.1. The van der Waals surface area contributed by atoms with Crippen LogP contribution in [0.3, 0.4) is 0 Å². The third kappa shape index (κ3) is 1.98. The van der Waals surface area contributed by atoms with E-state index in [1.165, 1.54) is 20.0 Å². The van der Waals surface area contributed by atoms with E-state index in [9.17, 15) is 13.5 Å². The van der Waals surface area contributed by atoms with Gasteiger partial charge in [-0.3, -0.25) is 4.40 Å². The number of halogens is 1. The van der Waals surface area contributed by atoms with Crippen molar-refractivity contribution in [3.05, 3.63) is 16.7 Å². The lowest BCUT2D eigenvalue weighted by atomic mass is 10.2. The van der Waals surface area contributed by atoms with E-state index < -0.39 is 10.0 Å². The highest BCUT2D eigenvalue weighted by molar-refractivity contribution is 7.89. The van der Waals surface area contributed by atoms with Gasteiger partial charge in [-0.25, -0.2) is 13.4 Å². The molecule has 2 aromatic heterocycles. The SMILES string of the molecule is O=S(=O)(c1c(Cl)nc2sccn12)N1CCCC1CO. The molecule has 1 atom stereocenters. The topological polar surface area (TPSA) is 74.9 Å². The summed E-state index contributed by atoms with van der Waals surface area (Å²) in [4.78, 5) is 4.58. The van der Waals surface area contributed by atoms with Crippen LogP contribution in [0.2, 0.25) is 5.15 Å². The molecule has 1 N–H and O–H groups in total. The van der Waals surface area contributed by atoms with Crippen LogP contribution in [0.15, 0.2) is 16.6 Å². The van der Waals surface area contributed by atoms with E-state index in [0.29, 0.717) is 17.9 Å². The summed E-state index contributed by atoms with van der Waals surface area (Å²) >= 11 is 7.29. The van der Waals surface area contributed by atoms with Crippen LogP contribution in [0.4, 0.5) is 0 Å². The number of aliphatic hydroxyl groups excluding tert-OH is 1. The fourth-order valence-corrected chi connectivity index (χ4v) is 5.48. The predicted octanol–water partition coefficient (Wildman–Crippen LogP) is 1.19. The van der Waals surface area contributed by atoms with Gasteiger partial charge in [0.1, 0.15) is 0 Å². The maximum atomic E-state index is 12.7. The first kappa shape index (κ1) is 13.3. The monoisotopic (exact) mass is 321 g/mol. The van der Waals surface area contributed by atoms with Gasteiger partial charge in [-0.05, 0) is 12.8 Å². The summed E-state index contributed by atoms with van der Waals surface area (Å²) in [7, 11) is -3.74. The zero-order chi connectivity index (χ0) is 13.6. The Morgan fingerprint density at radius 1 is 1.58 bits per heavy atom. The summed E-state index contributed by atoms with van der Waals surface area (Å²) in [6.07, 6.45) is 3.04. The lowest BCUT2D eigenvalue weighted by molar-refractivity contribution is 0.213. The first-order chi connectivity index (χ1) is 9.05. The highest BCUT2D eigenvalue weighted by Crippen LogP contribution is 2.31. The molecule has 0 amide bonds. The van der Waals surface area contributed by atoms with Gasteiger partial charge in [0.25, 0.3) is 10.0 Å². The normalized spacial score (nSPS) is 21.5. The van der Waals surface area contributed by atoms with Crippen molar-refractivity contribution >= 4 is 37.9 Å². The largest absolute Gasteiger partial charge is 0.395 e. The molecular weight excluding hydrogens is 310 g/mol. The molecule has 19 heavy (non-hydrogen) atoms. The predicted molar refractivity (Wildman–Crippen MR) is 72.1 cm³/mol. The van der Waals surface area contributed by atoms with Crippen LogP contribution < -0.4 is 0 Å². The van der Waals surface area contributed by atoms with Crippen molar-refractivity contribution < 1.29 is 13.5 Å². The number of thiazole rings is 1. The number of hydrogen-bond donors (Lipinski definition) is 1. The number of imidazole rings is 1. The molecule has 3 heterocycles. The maximum absolute atomic E-state index is 12.7. The van der Waals surface area contributed by atoms with Crippen molar-refractivity contribution in [3.63, 3.8) is 0 Å². The van der Waals surface area contributed by atoms with Crippen molar-refractivity contribution in [1.29, 1.82) is 0 Å². The van der Waals surface area contributed by atoms with Crippen LogP contribution in [0.5, 0.6) is 0 Å². The minimum atomic E-state index is -3.74. The van der Waals surface area contributed by atoms with Crippen LogP contribution in [0, 0.1) is 0 Å². The lowest BCUT2D eigenvalue weighted by Gasteiger charge is -2.21. The average Bonchev–Trinajstić information content (AvgIpc) is 3.01. The number of aliphatic hydroxyl groups is 1. The standard InChI is InChI=1S/C10H12ClN3O3S2/c11-8-9(13-4-5-18-10(13)12-8)19(16,17)14-3-1-2-7(14)6-15/h4-5,7,15H,1-3,6H2. The van der Waals surface area contributed by atoms with Crippen LogP contribution in [0.25, 0.3) is 4.96 Å². The van der Waals surface area contributed by atoms with E-state index in [-0.39, 0.29) is 22.8 Å². The first-order valence-corrected chi connectivity index (χ1v) is 8.49. The van der Waals surface area contributed by atoms with Gasteiger partial charge >= 0.3 is 0 Å². The Bertz CT molecular complexity index is 709. The highest BCUT2D eigenvalue weighted by atomic mass is 35.5. The number of fused-ring (bicyclic) bond motifs is 1. The van der Waals surface area contributed by atoms with Crippen molar-refractivity contribution in [3.8, 4) is 0 Å². The van der Waals surface area contributed by atoms with Crippen LogP contribution in [0.1, 0.15) is 12.8 Å². The third-order valence-corrected chi connectivity index (χ3v) is 6.37. The number of nitrogens with zero attached hydrogens (tertiary/aromatic N) is 3. The second-order valence-corrected chi connectivity index (χ2v) is 7.39. The third-order valence-electron chi connectivity index (χ3n) is 3.27. The molecule has 0 radical (unpaired) electrons. The molecule has 1 aliphatic rings. The fraction of sp³-hybridized carbons (Fsp3) is 0.500. The summed E-state index contributed by atoms with van der Waals surface area (Å²) in [5, 5.41) is 11.0. The number of hydrogen-bond acceptors (Lipinski definition) is 5. The van der Waals surface area contributed by atoms with E-state index in [4.69, 9.17) is 11.6 Å². The summed E-state index contributed by atoms with van der Waals surface area (Å²) in [6.45, 7) is 0.226. The molecule has 0 saturated carbocycles. The summed E-state index contributed by atoms with van der Waals surface area (Å²) in [5.74, 6) is 0. The van der Waals surface area contributed by atoms with Gasteiger partial charge in [0.05, 0.1) is 6.61 Å². The second-order valence-electron chi connectivity index (χ2n) is 4.36. The quantitative estimate of drug-likeness (QED) is 0.921. The van der Waals surface area contributed by atoms with Gasteiger partial charge in [0.2, 0.25) is 0 Å². The fourth-order valence-electron chi connectivity index (χ4n) is 2.39. The van der Waals surface area contributed by atoms with E-state index in [0.717, 1.165) is 6.42 Å². The number of aromatic nitrogens is 2. The van der Waals surface area contributed by atoms with Crippen molar-refractivity contribution in [2.75, 3.05) is 13.2 Å². The minimum absolute atomic E-state index is 0.00855. The zero-order valence-corrected chi connectivity index (χ0v) is 12.2. The number of sulfonamides is 1. The van der Waals surface area contributed by atoms with E-state index in [1.807, 2.05) is 0 Å². The van der Waals surface area contributed by atoms with Crippen LogP contribution in [-0.2, 0) is 10.0 Å². The van der Waals surface area contributed by atoms with E-state index in [2.05, 4.69) is 4.98 Å². The Morgan fingerprint density at radius 3 is 3.11 bits per heavy atom. The average molecular weight is 322 g/mol. The summed E-state index contributed by atoms with van der Waals surface area (Å²) in [5.41, 5.74) is 0. The molecular formula is C10H12ClN3O3S2. The van der Waals surface area contributed by atoms with Crippen LogP contribution >= 0.6 is 22.9 Å². The van der Waals surface area contributed by atoms with Gasteiger partial charge in [-0.1, -0.05) is 11.6 Å². The summed E-state index contributed by atoms with van der Waals surface area (Å²) in [6, 6.07) is -0.370. The molecule has 0 bridgehead atoms. The van der Waals surface area contributed by atoms with Gasteiger partial charge < -0.3 is 5.11 Å². The van der Waals surface area contributed by atoms with Crippen molar-refractivity contribution in [2.45, 2.75) is 23.9 Å². The number of rotatable bonds is 3. The molecule has 3 rings (SSSR count). The molecule has 1 saturated heterocycles. The molecule has 104 valence electrons. The molecule has 1 aliphatic heterocycles. The Balaban J connectivity index is 2.14. The zero-order valence-electron chi connectivity index (χ0n) is 9.86. The molecule has 0 spiro atoms. The second kappa shape index (κ2) is 4.71. The van der Waals surface area contributed by atoms with Crippen LogP contribution in [-0.4, -0.2) is 46.4 Å². The Kier molecular flexibility index (Phi) is 3.30. The Labute approximate surface area is 119 Å². The molecule has 2 aromatic rings. The molecule has 9 heteroatoms. The molecule has 1 unspecified atom stereocenters. The van der Waals surface area contributed by atoms with Gasteiger partial charge in [0.15, 0.2) is 15.1 Å². The highest BCUT2D eigenvalue weighted by Gasteiger charge is 2.38. The molecule has 6 nitrogen and oxygen atoms in total. The lowest BCUT2D eigenvalue weighted by Crippen LogP contribution is -2.38.